The number of benzene rings is 1. The van der Waals surface area contributed by atoms with Crippen LogP contribution in [0, 0.1) is 0 Å². The number of anilines is 1. The fourth-order valence-corrected chi connectivity index (χ4v) is 2.57. The van der Waals surface area contributed by atoms with Crippen molar-refractivity contribution in [2.75, 3.05) is 4.90 Å². The standard InChI is InChI=1S/C14H10ClN3O3/c15-8-3-4-10-9(5-8)12(19)14(20)18(10)6-11-16-13(21-17-11)7-1-2-7/h3-5,7H,1-2,6H2. The summed E-state index contributed by atoms with van der Waals surface area (Å²) in [5, 5.41) is 4.30. The minimum Gasteiger partial charge on any atom is -0.339 e. The van der Waals surface area contributed by atoms with Crippen molar-refractivity contribution in [1.82, 2.24) is 10.1 Å². The van der Waals surface area contributed by atoms with Crippen molar-refractivity contribution in [2.24, 2.45) is 0 Å². The molecule has 0 spiro atoms. The molecule has 2 aliphatic rings. The zero-order valence-electron chi connectivity index (χ0n) is 10.9. The maximum atomic E-state index is 12.1. The summed E-state index contributed by atoms with van der Waals surface area (Å²) in [7, 11) is 0. The summed E-state index contributed by atoms with van der Waals surface area (Å²) in [6, 6.07) is 4.80. The number of halogens is 1. The summed E-state index contributed by atoms with van der Waals surface area (Å²) in [4.78, 5) is 29.7. The molecule has 2 heterocycles. The Hall–Kier alpha value is -2.21. The van der Waals surface area contributed by atoms with E-state index in [0.29, 0.717) is 33.9 Å². The lowest BCUT2D eigenvalue weighted by molar-refractivity contribution is -0.114. The van der Waals surface area contributed by atoms with Crippen LogP contribution in [-0.2, 0) is 11.3 Å². The zero-order valence-corrected chi connectivity index (χ0v) is 11.6. The number of carbonyl (C=O) groups excluding carboxylic acids is 2. The Balaban J connectivity index is 1.65. The molecule has 1 aliphatic heterocycles. The van der Waals surface area contributed by atoms with Gasteiger partial charge in [-0.25, -0.2) is 0 Å². The Morgan fingerprint density at radius 3 is 2.90 bits per heavy atom. The molecular weight excluding hydrogens is 294 g/mol. The first-order chi connectivity index (χ1) is 10.1. The van der Waals surface area contributed by atoms with Crippen molar-refractivity contribution >= 4 is 29.0 Å². The van der Waals surface area contributed by atoms with Gasteiger partial charge in [-0.1, -0.05) is 16.8 Å². The maximum absolute atomic E-state index is 12.1. The molecule has 1 saturated carbocycles. The van der Waals surface area contributed by atoms with E-state index in [0.717, 1.165) is 12.8 Å². The molecule has 1 aromatic carbocycles. The molecule has 0 N–H and O–H groups in total. The number of Topliss-reactive ketones (excluding diaryl/α,β-unsaturated/α-hetero) is 1. The van der Waals surface area contributed by atoms with E-state index < -0.39 is 11.7 Å². The van der Waals surface area contributed by atoms with Gasteiger partial charge in [0.05, 0.1) is 17.8 Å². The highest BCUT2D eigenvalue weighted by atomic mass is 35.5. The van der Waals surface area contributed by atoms with Gasteiger partial charge in [-0.05, 0) is 31.0 Å². The van der Waals surface area contributed by atoms with Crippen LogP contribution in [0.5, 0.6) is 0 Å². The molecule has 6 nitrogen and oxygen atoms in total. The van der Waals surface area contributed by atoms with Crippen LogP contribution in [0.25, 0.3) is 0 Å². The van der Waals surface area contributed by atoms with E-state index in [4.69, 9.17) is 16.1 Å². The molecule has 1 aromatic heterocycles. The second-order valence-corrected chi connectivity index (χ2v) is 5.64. The van der Waals surface area contributed by atoms with Crippen molar-refractivity contribution in [1.29, 1.82) is 0 Å². The zero-order chi connectivity index (χ0) is 14.6. The predicted octanol–water partition coefficient (Wildman–Crippen LogP) is 2.33. The Morgan fingerprint density at radius 1 is 1.33 bits per heavy atom. The van der Waals surface area contributed by atoms with Crippen LogP contribution in [-0.4, -0.2) is 21.8 Å². The van der Waals surface area contributed by atoms with Gasteiger partial charge in [0.25, 0.3) is 11.7 Å². The molecule has 0 unspecified atom stereocenters. The number of aromatic nitrogens is 2. The summed E-state index contributed by atoms with van der Waals surface area (Å²) < 4.78 is 5.16. The molecule has 0 radical (unpaired) electrons. The molecule has 0 atom stereocenters. The van der Waals surface area contributed by atoms with Crippen molar-refractivity contribution in [2.45, 2.75) is 25.3 Å². The van der Waals surface area contributed by atoms with Gasteiger partial charge in [0, 0.05) is 10.9 Å². The van der Waals surface area contributed by atoms with Gasteiger partial charge in [-0.2, -0.15) is 4.98 Å². The molecule has 1 amide bonds. The van der Waals surface area contributed by atoms with Crippen molar-refractivity contribution < 1.29 is 14.1 Å². The third-order valence-corrected chi connectivity index (χ3v) is 3.88. The number of fused-ring (bicyclic) bond motifs is 1. The van der Waals surface area contributed by atoms with Crippen molar-refractivity contribution in [3.63, 3.8) is 0 Å². The van der Waals surface area contributed by atoms with Crippen molar-refractivity contribution in [3.8, 4) is 0 Å². The topological polar surface area (TPSA) is 76.3 Å². The smallest absolute Gasteiger partial charge is 0.299 e. The van der Waals surface area contributed by atoms with E-state index in [2.05, 4.69) is 10.1 Å². The minimum atomic E-state index is -0.593. The van der Waals surface area contributed by atoms with E-state index in [-0.39, 0.29) is 6.54 Å². The Morgan fingerprint density at radius 2 is 2.14 bits per heavy atom. The van der Waals surface area contributed by atoms with Crippen LogP contribution in [0.4, 0.5) is 5.69 Å². The lowest BCUT2D eigenvalue weighted by atomic mass is 10.1. The number of hydrogen-bond donors (Lipinski definition) is 0. The second-order valence-electron chi connectivity index (χ2n) is 5.21. The number of hydrogen-bond acceptors (Lipinski definition) is 5. The monoisotopic (exact) mass is 303 g/mol. The fraction of sp³-hybridized carbons (Fsp3) is 0.286. The molecule has 0 bridgehead atoms. The summed E-state index contributed by atoms with van der Waals surface area (Å²) in [6.07, 6.45) is 2.12. The molecule has 1 aliphatic carbocycles. The average molecular weight is 304 g/mol. The van der Waals surface area contributed by atoms with Gasteiger partial charge in [0.15, 0.2) is 5.82 Å². The molecular formula is C14H10ClN3O3. The van der Waals surface area contributed by atoms with Crippen molar-refractivity contribution in [3.05, 3.63) is 40.5 Å². The minimum absolute atomic E-state index is 0.120. The third kappa shape index (κ3) is 2.03. The van der Waals surface area contributed by atoms with Gasteiger partial charge in [-0.15, -0.1) is 0 Å². The average Bonchev–Trinajstić information content (AvgIpc) is 3.18. The number of nitrogens with zero attached hydrogens (tertiary/aromatic N) is 3. The van der Waals surface area contributed by atoms with E-state index in [9.17, 15) is 9.59 Å². The van der Waals surface area contributed by atoms with Crippen LogP contribution >= 0.6 is 11.6 Å². The normalized spacial score (nSPS) is 17.5. The first-order valence-electron chi connectivity index (χ1n) is 6.61. The molecule has 106 valence electrons. The Kier molecular flexibility index (Phi) is 2.62. The maximum Gasteiger partial charge on any atom is 0.299 e. The molecule has 1 fully saturated rings. The van der Waals surface area contributed by atoms with E-state index in [1.807, 2.05) is 0 Å². The first-order valence-corrected chi connectivity index (χ1v) is 6.99. The highest BCUT2D eigenvalue weighted by Crippen LogP contribution is 2.39. The van der Waals surface area contributed by atoms with Crippen LogP contribution in [0.15, 0.2) is 22.7 Å². The predicted molar refractivity (Wildman–Crippen MR) is 73.2 cm³/mol. The van der Waals surface area contributed by atoms with Gasteiger partial charge >= 0.3 is 0 Å². The van der Waals surface area contributed by atoms with Gasteiger partial charge in [0.2, 0.25) is 5.89 Å². The quantitative estimate of drug-likeness (QED) is 0.813. The molecule has 21 heavy (non-hydrogen) atoms. The van der Waals surface area contributed by atoms with Crippen LogP contribution in [0.3, 0.4) is 0 Å². The van der Waals surface area contributed by atoms with Crippen LogP contribution in [0.1, 0.15) is 40.8 Å². The lowest BCUT2D eigenvalue weighted by Crippen LogP contribution is -2.29. The Bertz CT molecular complexity index is 767. The number of carbonyl (C=O) groups is 2. The molecule has 4 rings (SSSR count). The molecule has 7 heteroatoms. The SMILES string of the molecule is O=C1C(=O)N(Cc2noc(C3CC3)n2)c2ccc(Cl)cc21. The molecule has 0 saturated heterocycles. The second kappa shape index (κ2) is 4.39. The summed E-state index contributed by atoms with van der Waals surface area (Å²) >= 11 is 5.87. The molecule has 2 aromatic rings. The largest absolute Gasteiger partial charge is 0.339 e. The van der Waals surface area contributed by atoms with Crippen LogP contribution in [0.2, 0.25) is 5.02 Å². The van der Waals surface area contributed by atoms with E-state index >= 15 is 0 Å². The lowest BCUT2D eigenvalue weighted by Gasteiger charge is -2.13. The van der Waals surface area contributed by atoms with Gasteiger partial charge < -0.3 is 4.52 Å². The highest BCUT2D eigenvalue weighted by molar-refractivity contribution is 6.52. The number of amides is 1. The first kappa shape index (κ1) is 12.5. The number of ketones is 1. The Labute approximate surface area is 124 Å². The highest BCUT2D eigenvalue weighted by Gasteiger charge is 2.37. The summed E-state index contributed by atoms with van der Waals surface area (Å²) in [6.45, 7) is 0.120. The number of rotatable bonds is 3. The van der Waals surface area contributed by atoms with Crippen LogP contribution < -0.4 is 4.90 Å². The summed E-state index contributed by atoms with van der Waals surface area (Å²) in [5.74, 6) is 0.219. The van der Waals surface area contributed by atoms with Gasteiger partial charge in [0.1, 0.15) is 0 Å². The van der Waals surface area contributed by atoms with Gasteiger partial charge in [-0.3, -0.25) is 14.5 Å². The van der Waals surface area contributed by atoms with E-state index in [1.165, 1.54) is 11.0 Å². The van der Waals surface area contributed by atoms with E-state index in [1.54, 1.807) is 12.1 Å². The third-order valence-electron chi connectivity index (χ3n) is 3.64. The fourth-order valence-electron chi connectivity index (χ4n) is 2.40. The summed E-state index contributed by atoms with van der Waals surface area (Å²) in [5.41, 5.74) is 0.852.